The standard InChI is InChI=1S/C13H16BrClFN/c1-9-2-4-17(5-3-9)8-10-6-12(15)11(14)7-13(10)16/h6-7,9H,2-5,8H2,1H3. The highest BCUT2D eigenvalue weighted by Gasteiger charge is 2.17. The summed E-state index contributed by atoms with van der Waals surface area (Å²) in [4.78, 5) is 2.29. The molecule has 0 atom stereocenters. The van der Waals surface area contributed by atoms with E-state index in [9.17, 15) is 4.39 Å². The topological polar surface area (TPSA) is 3.24 Å². The molecule has 0 N–H and O–H groups in total. The molecule has 1 fully saturated rings. The predicted molar refractivity (Wildman–Crippen MR) is 72.8 cm³/mol. The summed E-state index contributed by atoms with van der Waals surface area (Å²) in [6.07, 6.45) is 2.40. The largest absolute Gasteiger partial charge is 0.299 e. The van der Waals surface area contributed by atoms with E-state index >= 15 is 0 Å². The highest BCUT2D eigenvalue weighted by Crippen LogP contribution is 2.27. The fourth-order valence-corrected chi connectivity index (χ4v) is 2.65. The molecule has 17 heavy (non-hydrogen) atoms. The van der Waals surface area contributed by atoms with E-state index in [1.807, 2.05) is 0 Å². The van der Waals surface area contributed by atoms with E-state index in [0.717, 1.165) is 19.0 Å². The third kappa shape index (κ3) is 3.43. The molecule has 1 aliphatic heterocycles. The highest BCUT2D eigenvalue weighted by atomic mass is 79.9. The maximum atomic E-state index is 13.7. The Hall–Kier alpha value is -0.120. The Kier molecular flexibility index (Phi) is 4.45. The first-order chi connectivity index (χ1) is 8.06. The summed E-state index contributed by atoms with van der Waals surface area (Å²) < 4.78 is 14.4. The Labute approximate surface area is 115 Å². The van der Waals surface area contributed by atoms with Crippen LogP contribution in [-0.2, 0) is 6.54 Å². The second-order valence-corrected chi connectivity index (χ2v) is 6.08. The van der Waals surface area contributed by atoms with Crippen LogP contribution in [-0.4, -0.2) is 18.0 Å². The summed E-state index contributed by atoms with van der Waals surface area (Å²) in [7, 11) is 0. The Morgan fingerprint density at radius 3 is 2.71 bits per heavy atom. The molecule has 0 amide bonds. The van der Waals surface area contributed by atoms with Gasteiger partial charge in [0, 0.05) is 16.6 Å². The van der Waals surface area contributed by atoms with Gasteiger partial charge in [-0.1, -0.05) is 18.5 Å². The molecule has 0 bridgehead atoms. The number of nitrogens with zero attached hydrogens (tertiary/aromatic N) is 1. The van der Waals surface area contributed by atoms with Crippen molar-refractivity contribution in [3.63, 3.8) is 0 Å². The molecule has 1 saturated heterocycles. The minimum atomic E-state index is -0.181. The lowest BCUT2D eigenvalue weighted by Gasteiger charge is -2.30. The molecule has 0 radical (unpaired) electrons. The molecule has 1 aromatic carbocycles. The molecule has 1 heterocycles. The van der Waals surface area contributed by atoms with Gasteiger partial charge in [-0.3, -0.25) is 4.90 Å². The van der Waals surface area contributed by atoms with Gasteiger partial charge in [-0.05, 0) is 59.9 Å². The summed E-state index contributed by atoms with van der Waals surface area (Å²) in [6.45, 7) is 5.03. The van der Waals surface area contributed by atoms with Crippen molar-refractivity contribution in [1.82, 2.24) is 4.90 Å². The van der Waals surface area contributed by atoms with Crippen LogP contribution in [0.5, 0.6) is 0 Å². The quantitative estimate of drug-likeness (QED) is 0.727. The summed E-state index contributed by atoms with van der Waals surface area (Å²) in [5.74, 6) is 0.615. The number of halogens is 3. The van der Waals surface area contributed by atoms with Crippen molar-refractivity contribution in [3.05, 3.63) is 33.0 Å². The second kappa shape index (κ2) is 5.68. The van der Waals surface area contributed by atoms with Crippen LogP contribution in [0.15, 0.2) is 16.6 Å². The Morgan fingerprint density at radius 2 is 2.06 bits per heavy atom. The summed E-state index contributed by atoms with van der Waals surface area (Å²) in [6, 6.07) is 3.17. The molecule has 0 spiro atoms. The lowest BCUT2D eigenvalue weighted by molar-refractivity contribution is 0.183. The Morgan fingerprint density at radius 1 is 1.41 bits per heavy atom. The van der Waals surface area contributed by atoms with E-state index in [0.29, 0.717) is 21.6 Å². The molecule has 1 aromatic rings. The molecule has 1 aliphatic rings. The van der Waals surface area contributed by atoms with Crippen molar-refractivity contribution in [2.24, 2.45) is 5.92 Å². The van der Waals surface area contributed by atoms with Crippen LogP contribution >= 0.6 is 27.5 Å². The van der Waals surface area contributed by atoms with Crippen molar-refractivity contribution < 1.29 is 4.39 Å². The zero-order chi connectivity index (χ0) is 12.4. The van der Waals surface area contributed by atoms with E-state index in [2.05, 4.69) is 27.8 Å². The van der Waals surface area contributed by atoms with Gasteiger partial charge < -0.3 is 0 Å². The fraction of sp³-hybridized carbons (Fsp3) is 0.538. The van der Waals surface area contributed by atoms with Crippen LogP contribution in [0.1, 0.15) is 25.3 Å². The Balaban J connectivity index is 2.06. The number of hydrogen-bond donors (Lipinski definition) is 0. The molecule has 4 heteroatoms. The summed E-state index contributed by atoms with van der Waals surface area (Å²) in [5.41, 5.74) is 0.688. The van der Waals surface area contributed by atoms with Gasteiger partial charge in [-0.2, -0.15) is 0 Å². The van der Waals surface area contributed by atoms with Crippen LogP contribution in [0.3, 0.4) is 0 Å². The lowest BCUT2D eigenvalue weighted by atomic mass is 9.99. The van der Waals surface area contributed by atoms with Gasteiger partial charge in [0.1, 0.15) is 5.82 Å². The number of benzene rings is 1. The normalized spacial score (nSPS) is 18.6. The molecule has 0 aromatic heterocycles. The van der Waals surface area contributed by atoms with E-state index in [1.54, 1.807) is 6.07 Å². The fourth-order valence-electron chi connectivity index (χ4n) is 2.15. The molecular weight excluding hydrogens is 305 g/mol. The van der Waals surface area contributed by atoms with Crippen molar-refractivity contribution in [2.45, 2.75) is 26.3 Å². The molecule has 1 nitrogen and oxygen atoms in total. The van der Waals surface area contributed by atoms with Gasteiger partial charge in [0.05, 0.1) is 5.02 Å². The third-order valence-electron chi connectivity index (χ3n) is 3.36. The van der Waals surface area contributed by atoms with Crippen LogP contribution in [0.4, 0.5) is 4.39 Å². The first kappa shape index (κ1) is 13.3. The van der Waals surface area contributed by atoms with E-state index < -0.39 is 0 Å². The van der Waals surface area contributed by atoms with Crippen LogP contribution < -0.4 is 0 Å². The van der Waals surface area contributed by atoms with Crippen molar-refractivity contribution in [1.29, 1.82) is 0 Å². The van der Waals surface area contributed by atoms with Gasteiger partial charge in [0.15, 0.2) is 0 Å². The predicted octanol–water partition coefficient (Wildman–Crippen LogP) is 4.47. The average molecular weight is 321 g/mol. The van der Waals surface area contributed by atoms with Gasteiger partial charge in [-0.25, -0.2) is 4.39 Å². The average Bonchev–Trinajstić information content (AvgIpc) is 2.29. The van der Waals surface area contributed by atoms with Crippen LogP contribution in [0, 0.1) is 11.7 Å². The van der Waals surface area contributed by atoms with Gasteiger partial charge in [0.2, 0.25) is 0 Å². The molecule has 0 unspecified atom stereocenters. The minimum absolute atomic E-state index is 0.181. The zero-order valence-electron chi connectivity index (χ0n) is 9.85. The van der Waals surface area contributed by atoms with Crippen molar-refractivity contribution in [3.8, 4) is 0 Å². The van der Waals surface area contributed by atoms with Crippen LogP contribution in [0.25, 0.3) is 0 Å². The zero-order valence-corrected chi connectivity index (χ0v) is 12.2. The van der Waals surface area contributed by atoms with Crippen molar-refractivity contribution >= 4 is 27.5 Å². The van der Waals surface area contributed by atoms with E-state index in [4.69, 9.17) is 11.6 Å². The summed E-state index contributed by atoms with van der Waals surface area (Å²) in [5, 5.41) is 0.576. The first-order valence-electron chi connectivity index (χ1n) is 5.92. The molecular formula is C13H16BrClFN. The van der Waals surface area contributed by atoms with E-state index in [-0.39, 0.29) is 5.82 Å². The molecule has 0 saturated carbocycles. The minimum Gasteiger partial charge on any atom is -0.299 e. The number of rotatable bonds is 2. The maximum absolute atomic E-state index is 13.7. The Bertz CT molecular complexity index is 403. The number of likely N-dealkylation sites (tertiary alicyclic amines) is 1. The smallest absolute Gasteiger partial charge is 0.128 e. The maximum Gasteiger partial charge on any atom is 0.128 e. The monoisotopic (exact) mass is 319 g/mol. The van der Waals surface area contributed by atoms with E-state index in [1.165, 1.54) is 18.9 Å². The lowest BCUT2D eigenvalue weighted by Crippen LogP contribution is -2.32. The van der Waals surface area contributed by atoms with Gasteiger partial charge >= 0.3 is 0 Å². The van der Waals surface area contributed by atoms with Gasteiger partial charge in [0.25, 0.3) is 0 Å². The van der Waals surface area contributed by atoms with Gasteiger partial charge in [-0.15, -0.1) is 0 Å². The first-order valence-corrected chi connectivity index (χ1v) is 7.09. The molecule has 2 rings (SSSR count). The second-order valence-electron chi connectivity index (χ2n) is 4.82. The molecule has 0 aliphatic carbocycles. The SMILES string of the molecule is CC1CCN(Cc2cc(Cl)c(Br)cc2F)CC1. The number of piperidine rings is 1. The third-order valence-corrected chi connectivity index (χ3v) is 4.56. The highest BCUT2D eigenvalue weighted by molar-refractivity contribution is 9.10. The summed E-state index contributed by atoms with van der Waals surface area (Å²) >= 11 is 9.22. The number of hydrogen-bond acceptors (Lipinski definition) is 1. The van der Waals surface area contributed by atoms with Crippen LogP contribution in [0.2, 0.25) is 5.02 Å². The van der Waals surface area contributed by atoms with Crippen molar-refractivity contribution in [2.75, 3.05) is 13.1 Å². The molecule has 94 valence electrons.